The molecule has 0 atom stereocenters. The van der Waals surface area contributed by atoms with Gasteiger partial charge in [-0.1, -0.05) is 0 Å². The van der Waals surface area contributed by atoms with Crippen molar-refractivity contribution in [2.24, 2.45) is 5.73 Å². The number of hydrogen-bond acceptors (Lipinski definition) is 3. The number of amides is 1. The second kappa shape index (κ2) is 4.97. The van der Waals surface area contributed by atoms with Gasteiger partial charge in [-0.2, -0.15) is 0 Å². The molecule has 98 valence electrons. The number of rotatable bonds is 3. The molecule has 0 spiro atoms. The van der Waals surface area contributed by atoms with Crippen LogP contribution in [-0.2, 0) is 0 Å². The summed E-state index contributed by atoms with van der Waals surface area (Å²) in [7, 11) is 0. The van der Waals surface area contributed by atoms with Crippen molar-refractivity contribution < 1.29 is 13.9 Å². The Morgan fingerprint density at radius 3 is 2.47 bits per heavy atom. The average Bonchev–Trinajstić information content (AvgIpc) is 2.26. The van der Waals surface area contributed by atoms with Crippen molar-refractivity contribution in [2.45, 2.75) is 6.92 Å². The van der Waals surface area contributed by atoms with E-state index in [2.05, 4.69) is 0 Å². The molecule has 0 saturated carbocycles. The maximum atomic E-state index is 13.6. The average molecular weight is 260 g/mol. The molecule has 2 rings (SSSR count). The van der Waals surface area contributed by atoms with E-state index in [0.717, 1.165) is 11.6 Å². The van der Waals surface area contributed by atoms with Crippen LogP contribution in [0, 0.1) is 12.7 Å². The van der Waals surface area contributed by atoms with Crippen molar-refractivity contribution in [3.05, 3.63) is 53.3 Å². The highest BCUT2D eigenvalue weighted by Crippen LogP contribution is 2.26. The summed E-state index contributed by atoms with van der Waals surface area (Å²) in [6.45, 7) is 1.87. The van der Waals surface area contributed by atoms with Crippen LogP contribution in [-0.4, -0.2) is 5.91 Å². The summed E-state index contributed by atoms with van der Waals surface area (Å²) in [4.78, 5) is 10.9. The Kier molecular flexibility index (Phi) is 3.37. The van der Waals surface area contributed by atoms with E-state index in [-0.39, 0.29) is 11.3 Å². The minimum absolute atomic E-state index is 0.170. The Morgan fingerprint density at radius 1 is 1.16 bits per heavy atom. The molecule has 4 N–H and O–H groups in total. The molecule has 0 aromatic heterocycles. The molecule has 19 heavy (non-hydrogen) atoms. The van der Waals surface area contributed by atoms with Gasteiger partial charge in [-0.25, -0.2) is 4.39 Å². The van der Waals surface area contributed by atoms with E-state index in [9.17, 15) is 9.18 Å². The predicted molar refractivity (Wildman–Crippen MR) is 70.6 cm³/mol. The quantitative estimate of drug-likeness (QED) is 0.832. The van der Waals surface area contributed by atoms with E-state index in [1.54, 1.807) is 18.2 Å². The van der Waals surface area contributed by atoms with Crippen LogP contribution in [0.5, 0.6) is 11.5 Å². The second-order valence-corrected chi connectivity index (χ2v) is 4.19. The van der Waals surface area contributed by atoms with E-state index in [1.807, 2.05) is 6.92 Å². The number of ether oxygens (including phenoxy) is 1. The smallest absolute Gasteiger partial charge is 0.251 e. The molecule has 0 unspecified atom stereocenters. The van der Waals surface area contributed by atoms with Crippen LogP contribution < -0.4 is 16.2 Å². The number of halogens is 1. The van der Waals surface area contributed by atoms with Gasteiger partial charge in [0.1, 0.15) is 17.3 Å². The minimum atomic E-state index is -0.816. The first-order valence-electron chi connectivity index (χ1n) is 5.60. The lowest BCUT2D eigenvalue weighted by molar-refractivity contribution is 0.0996. The van der Waals surface area contributed by atoms with Crippen molar-refractivity contribution in [3.8, 4) is 11.5 Å². The first kappa shape index (κ1) is 12.9. The number of aryl methyl sites for hydroxylation is 1. The van der Waals surface area contributed by atoms with Crippen molar-refractivity contribution in [1.29, 1.82) is 0 Å². The second-order valence-electron chi connectivity index (χ2n) is 4.19. The molecule has 2 aromatic carbocycles. The van der Waals surface area contributed by atoms with E-state index in [0.29, 0.717) is 11.4 Å². The Balaban J connectivity index is 2.28. The SMILES string of the molecule is Cc1cc(N)cc(Oc2ccc(C(N)=O)c(F)c2)c1. The van der Waals surface area contributed by atoms with E-state index in [1.165, 1.54) is 12.1 Å². The number of carbonyl (C=O) groups is 1. The van der Waals surface area contributed by atoms with Crippen molar-refractivity contribution in [3.63, 3.8) is 0 Å². The fourth-order valence-electron chi connectivity index (χ4n) is 1.73. The summed E-state index contributed by atoms with van der Waals surface area (Å²) < 4.78 is 19.0. The Labute approximate surface area is 109 Å². The molecule has 1 amide bonds. The fourth-order valence-corrected chi connectivity index (χ4v) is 1.73. The molecule has 0 radical (unpaired) electrons. The zero-order chi connectivity index (χ0) is 14.0. The highest BCUT2D eigenvalue weighted by Gasteiger charge is 2.09. The summed E-state index contributed by atoms with van der Waals surface area (Å²) in [6, 6.07) is 9.07. The highest BCUT2D eigenvalue weighted by molar-refractivity contribution is 5.93. The van der Waals surface area contributed by atoms with Crippen molar-refractivity contribution in [2.75, 3.05) is 5.73 Å². The van der Waals surface area contributed by atoms with Crippen LogP contribution in [0.1, 0.15) is 15.9 Å². The lowest BCUT2D eigenvalue weighted by Gasteiger charge is -2.08. The minimum Gasteiger partial charge on any atom is -0.457 e. The van der Waals surface area contributed by atoms with Gasteiger partial charge in [0.15, 0.2) is 0 Å². The van der Waals surface area contributed by atoms with Gasteiger partial charge in [-0.05, 0) is 36.8 Å². The number of hydrogen-bond donors (Lipinski definition) is 2. The summed E-state index contributed by atoms with van der Waals surface area (Å²) in [5.41, 5.74) is 12.0. The van der Waals surface area contributed by atoms with Crippen molar-refractivity contribution >= 4 is 11.6 Å². The lowest BCUT2D eigenvalue weighted by atomic mass is 10.2. The first-order valence-corrected chi connectivity index (χ1v) is 5.60. The third-order valence-corrected chi connectivity index (χ3v) is 2.51. The van der Waals surface area contributed by atoms with Gasteiger partial charge in [0.05, 0.1) is 5.56 Å². The van der Waals surface area contributed by atoms with Gasteiger partial charge in [0.25, 0.3) is 5.91 Å². The van der Waals surface area contributed by atoms with Crippen LogP contribution in [0.3, 0.4) is 0 Å². The van der Waals surface area contributed by atoms with Gasteiger partial charge in [-0.15, -0.1) is 0 Å². The summed E-state index contributed by atoms with van der Waals surface area (Å²) >= 11 is 0. The van der Waals surface area contributed by atoms with Crippen LogP contribution in [0.2, 0.25) is 0 Å². The predicted octanol–water partition coefficient (Wildman–Crippen LogP) is 2.61. The number of anilines is 1. The van der Waals surface area contributed by atoms with E-state index < -0.39 is 11.7 Å². The van der Waals surface area contributed by atoms with Crippen LogP contribution >= 0.6 is 0 Å². The van der Waals surface area contributed by atoms with E-state index >= 15 is 0 Å². The zero-order valence-electron chi connectivity index (χ0n) is 10.3. The Morgan fingerprint density at radius 2 is 1.89 bits per heavy atom. The molecule has 4 nitrogen and oxygen atoms in total. The summed E-state index contributed by atoms with van der Waals surface area (Å²) in [5.74, 6) is -0.759. The molecule has 2 aromatic rings. The normalized spacial score (nSPS) is 10.2. The maximum absolute atomic E-state index is 13.6. The Hall–Kier alpha value is -2.56. The summed E-state index contributed by atoms with van der Waals surface area (Å²) in [5, 5.41) is 0. The van der Waals surface area contributed by atoms with E-state index in [4.69, 9.17) is 16.2 Å². The molecule has 0 aliphatic rings. The molecule has 0 aliphatic carbocycles. The molecule has 0 saturated heterocycles. The van der Waals surface area contributed by atoms with Gasteiger partial charge < -0.3 is 16.2 Å². The lowest BCUT2D eigenvalue weighted by Crippen LogP contribution is -2.12. The number of nitrogens with two attached hydrogens (primary N) is 2. The zero-order valence-corrected chi connectivity index (χ0v) is 10.3. The maximum Gasteiger partial charge on any atom is 0.251 e. The number of primary amides is 1. The third-order valence-electron chi connectivity index (χ3n) is 2.51. The van der Waals surface area contributed by atoms with Gasteiger partial charge >= 0.3 is 0 Å². The third kappa shape index (κ3) is 3.01. The van der Waals surface area contributed by atoms with Crippen molar-refractivity contribution in [1.82, 2.24) is 0 Å². The number of benzene rings is 2. The molecule has 0 aliphatic heterocycles. The van der Waals surface area contributed by atoms with Gasteiger partial charge in [0, 0.05) is 17.8 Å². The molecule has 0 fully saturated rings. The van der Waals surface area contributed by atoms with Crippen LogP contribution in [0.15, 0.2) is 36.4 Å². The fraction of sp³-hybridized carbons (Fsp3) is 0.0714. The van der Waals surface area contributed by atoms with Gasteiger partial charge in [0.2, 0.25) is 0 Å². The van der Waals surface area contributed by atoms with Crippen LogP contribution in [0.4, 0.5) is 10.1 Å². The largest absolute Gasteiger partial charge is 0.457 e. The molecule has 0 heterocycles. The standard InChI is InChI=1S/C14H13FN2O2/c1-8-4-9(16)6-11(5-8)19-10-2-3-12(14(17)18)13(15)7-10/h2-7H,16H2,1H3,(H2,17,18). The first-order chi connectivity index (χ1) is 8.95. The topological polar surface area (TPSA) is 78.3 Å². The summed E-state index contributed by atoms with van der Waals surface area (Å²) in [6.07, 6.45) is 0. The highest BCUT2D eigenvalue weighted by atomic mass is 19.1. The molecule has 5 heteroatoms. The molecular weight excluding hydrogens is 247 g/mol. The number of nitrogen functional groups attached to an aromatic ring is 1. The monoisotopic (exact) mass is 260 g/mol. The molecular formula is C14H13FN2O2. The van der Waals surface area contributed by atoms with Gasteiger partial charge in [-0.3, -0.25) is 4.79 Å². The van der Waals surface area contributed by atoms with Crippen LogP contribution in [0.25, 0.3) is 0 Å². The number of carbonyl (C=O) groups excluding carboxylic acids is 1. The molecule has 0 bridgehead atoms. The Bertz CT molecular complexity index is 621.